The number of nitrogens with one attached hydrogen (secondary N) is 1. The van der Waals surface area contributed by atoms with Gasteiger partial charge in [0.2, 0.25) is 0 Å². The van der Waals surface area contributed by atoms with Crippen LogP contribution in [-0.4, -0.2) is 44.4 Å². The van der Waals surface area contributed by atoms with Crippen molar-refractivity contribution in [2.75, 3.05) is 27.4 Å². The van der Waals surface area contributed by atoms with Crippen molar-refractivity contribution < 1.29 is 19.0 Å². The molecule has 1 aromatic carbocycles. The summed E-state index contributed by atoms with van der Waals surface area (Å²) in [6.45, 7) is 3.17. The lowest BCUT2D eigenvalue weighted by Crippen LogP contribution is -2.31. The Labute approximate surface area is 151 Å². The maximum Gasteiger partial charge on any atom is 0.263 e. The predicted octanol–water partition coefficient (Wildman–Crippen LogP) is 3.04. The smallest absolute Gasteiger partial charge is 0.263 e. The Kier molecular flexibility index (Phi) is 5.55. The molecule has 0 aliphatic carbocycles. The third-order valence-electron chi connectivity index (χ3n) is 4.15. The van der Waals surface area contributed by atoms with Gasteiger partial charge in [0.1, 0.15) is 9.88 Å². The normalized spacial score (nSPS) is 16.7. The van der Waals surface area contributed by atoms with Crippen LogP contribution in [0.4, 0.5) is 0 Å². The second-order valence-electron chi connectivity index (χ2n) is 5.85. The van der Waals surface area contributed by atoms with E-state index in [2.05, 4.69) is 10.3 Å². The molecule has 2 aromatic rings. The van der Waals surface area contributed by atoms with Crippen LogP contribution in [0.2, 0.25) is 0 Å². The number of thiazole rings is 1. The van der Waals surface area contributed by atoms with Crippen molar-refractivity contribution in [2.45, 2.75) is 25.9 Å². The number of hydrogen-bond donors (Lipinski definition) is 1. The molecule has 7 heteroatoms. The standard InChI is InChI=1S/C18H22N2O4S/c1-11-16(17(21)19-10-13-5-4-8-24-13)25-18(20-11)12-6-7-14(22-2)15(9-12)23-3/h6-7,9,13H,4-5,8,10H2,1-3H3,(H,19,21)/t13-/m1/s1. The van der Waals surface area contributed by atoms with Gasteiger partial charge in [-0.1, -0.05) is 0 Å². The Morgan fingerprint density at radius 2 is 2.16 bits per heavy atom. The van der Waals surface area contributed by atoms with Crippen LogP contribution in [0.5, 0.6) is 11.5 Å². The summed E-state index contributed by atoms with van der Waals surface area (Å²) in [4.78, 5) is 17.6. The van der Waals surface area contributed by atoms with Crippen molar-refractivity contribution in [2.24, 2.45) is 0 Å². The van der Waals surface area contributed by atoms with Crippen LogP contribution in [0.25, 0.3) is 10.6 Å². The predicted molar refractivity (Wildman–Crippen MR) is 96.7 cm³/mol. The minimum Gasteiger partial charge on any atom is -0.493 e. The first-order valence-corrected chi connectivity index (χ1v) is 9.03. The van der Waals surface area contributed by atoms with Gasteiger partial charge in [-0.25, -0.2) is 4.98 Å². The summed E-state index contributed by atoms with van der Waals surface area (Å²) >= 11 is 1.38. The van der Waals surface area contributed by atoms with E-state index in [1.54, 1.807) is 14.2 Å². The summed E-state index contributed by atoms with van der Waals surface area (Å²) in [5.41, 5.74) is 1.61. The van der Waals surface area contributed by atoms with Gasteiger partial charge in [0.25, 0.3) is 5.91 Å². The van der Waals surface area contributed by atoms with Gasteiger partial charge in [-0.15, -0.1) is 11.3 Å². The number of benzene rings is 1. The third kappa shape index (κ3) is 3.93. The number of amides is 1. The Bertz CT molecular complexity index is 754. The number of carbonyl (C=O) groups excluding carboxylic acids is 1. The van der Waals surface area contributed by atoms with E-state index in [0.717, 1.165) is 35.7 Å². The van der Waals surface area contributed by atoms with Crippen LogP contribution >= 0.6 is 11.3 Å². The minimum absolute atomic E-state index is 0.0998. The zero-order valence-electron chi connectivity index (χ0n) is 14.6. The fourth-order valence-electron chi connectivity index (χ4n) is 2.79. The number of ether oxygens (including phenoxy) is 3. The first kappa shape index (κ1) is 17.7. The van der Waals surface area contributed by atoms with E-state index in [1.807, 2.05) is 25.1 Å². The molecule has 134 valence electrons. The van der Waals surface area contributed by atoms with Gasteiger partial charge in [0.15, 0.2) is 11.5 Å². The molecule has 1 aliphatic rings. The Hall–Kier alpha value is -2.12. The second kappa shape index (κ2) is 7.84. The molecule has 0 radical (unpaired) electrons. The highest BCUT2D eigenvalue weighted by atomic mass is 32.1. The van der Waals surface area contributed by atoms with Crippen LogP contribution in [-0.2, 0) is 4.74 Å². The van der Waals surface area contributed by atoms with Gasteiger partial charge in [-0.3, -0.25) is 4.79 Å². The monoisotopic (exact) mass is 362 g/mol. The number of rotatable bonds is 6. The highest BCUT2D eigenvalue weighted by Gasteiger charge is 2.20. The summed E-state index contributed by atoms with van der Waals surface area (Å²) in [6.07, 6.45) is 2.19. The summed E-state index contributed by atoms with van der Waals surface area (Å²) < 4.78 is 16.1. The van der Waals surface area contributed by atoms with Gasteiger partial charge >= 0.3 is 0 Å². The van der Waals surface area contributed by atoms with Gasteiger partial charge in [0, 0.05) is 18.7 Å². The fourth-order valence-corrected chi connectivity index (χ4v) is 3.77. The average Bonchev–Trinajstić information content (AvgIpc) is 3.28. The molecular formula is C18H22N2O4S. The Morgan fingerprint density at radius 1 is 1.36 bits per heavy atom. The van der Waals surface area contributed by atoms with Gasteiger partial charge in [-0.05, 0) is 38.0 Å². The van der Waals surface area contributed by atoms with Crippen LogP contribution < -0.4 is 14.8 Å². The molecule has 1 aliphatic heterocycles. The Balaban J connectivity index is 1.76. The van der Waals surface area contributed by atoms with Gasteiger partial charge in [0.05, 0.1) is 26.0 Å². The number of hydrogen-bond acceptors (Lipinski definition) is 6. The van der Waals surface area contributed by atoms with E-state index in [1.165, 1.54) is 11.3 Å². The highest BCUT2D eigenvalue weighted by molar-refractivity contribution is 7.17. The molecule has 0 saturated carbocycles. The molecule has 0 spiro atoms. The summed E-state index contributed by atoms with van der Waals surface area (Å²) in [7, 11) is 3.19. The lowest BCUT2D eigenvalue weighted by Gasteiger charge is -2.10. The first-order valence-electron chi connectivity index (χ1n) is 8.22. The van der Waals surface area contributed by atoms with E-state index in [9.17, 15) is 4.79 Å². The number of aryl methyl sites for hydroxylation is 1. The SMILES string of the molecule is COc1ccc(-c2nc(C)c(C(=O)NC[C@H]3CCCO3)s2)cc1OC. The van der Waals surface area contributed by atoms with E-state index < -0.39 is 0 Å². The van der Waals surface area contributed by atoms with Crippen molar-refractivity contribution in [3.05, 3.63) is 28.8 Å². The minimum atomic E-state index is -0.0998. The van der Waals surface area contributed by atoms with Crippen molar-refractivity contribution in [3.8, 4) is 22.1 Å². The van der Waals surface area contributed by atoms with E-state index in [-0.39, 0.29) is 12.0 Å². The molecule has 1 amide bonds. The summed E-state index contributed by atoms with van der Waals surface area (Å²) in [5.74, 6) is 1.20. The van der Waals surface area contributed by atoms with Crippen molar-refractivity contribution >= 4 is 17.2 Å². The van der Waals surface area contributed by atoms with E-state index in [0.29, 0.717) is 22.9 Å². The van der Waals surface area contributed by atoms with Crippen LogP contribution in [0, 0.1) is 6.92 Å². The second-order valence-corrected chi connectivity index (χ2v) is 6.85. The molecule has 0 unspecified atom stereocenters. The lowest BCUT2D eigenvalue weighted by molar-refractivity contribution is 0.0860. The fraction of sp³-hybridized carbons (Fsp3) is 0.444. The Morgan fingerprint density at radius 3 is 2.84 bits per heavy atom. The molecule has 1 fully saturated rings. The average molecular weight is 362 g/mol. The molecule has 3 rings (SSSR count). The van der Waals surface area contributed by atoms with Crippen LogP contribution in [0.15, 0.2) is 18.2 Å². The molecule has 1 N–H and O–H groups in total. The van der Waals surface area contributed by atoms with Crippen LogP contribution in [0.1, 0.15) is 28.2 Å². The van der Waals surface area contributed by atoms with E-state index in [4.69, 9.17) is 14.2 Å². The lowest BCUT2D eigenvalue weighted by atomic mass is 10.2. The number of carbonyl (C=O) groups is 1. The third-order valence-corrected chi connectivity index (χ3v) is 5.35. The molecular weight excluding hydrogens is 340 g/mol. The molecule has 25 heavy (non-hydrogen) atoms. The quantitative estimate of drug-likeness (QED) is 0.855. The van der Waals surface area contributed by atoms with Crippen molar-refractivity contribution in [1.29, 1.82) is 0 Å². The zero-order chi connectivity index (χ0) is 17.8. The van der Waals surface area contributed by atoms with Crippen molar-refractivity contribution in [3.63, 3.8) is 0 Å². The topological polar surface area (TPSA) is 69.7 Å². The van der Waals surface area contributed by atoms with Crippen LogP contribution in [0.3, 0.4) is 0 Å². The molecule has 0 bridgehead atoms. The number of aromatic nitrogens is 1. The molecule has 1 aromatic heterocycles. The number of nitrogens with zero attached hydrogens (tertiary/aromatic N) is 1. The maximum absolute atomic E-state index is 12.4. The largest absolute Gasteiger partial charge is 0.493 e. The maximum atomic E-state index is 12.4. The first-order chi connectivity index (χ1) is 12.1. The summed E-state index contributed by atoms with van der Waals surface area (Å²) in [6, 6.07) is 5.61. The molecule has 6 nitrogen and oxygen atoms in total. The van der Waals surface area contributed by atoms with Gasteiger partial charge < -0.3 is 19.5 Å². The zero-order valence-corrected chi connectivity index (χ0v) is 15.4. The highest BCUT2D eigenvalue weighted by Crippen LogP contribution is 2.34. The number of methoxy groups -OCH3 is 2. The molecule has 1 atom stereocenters. The summed E-state index contributed by atoms with van der Waals surface area (Å²) in [5, 5.41) is 3.73. The molecule has 2 heterocycles. The van der Waals surface area contributed by atoms with Gasteiger partial charge in [-0.2, -0.15) is 0 Å². The molecule has 1 saturated heterocycles. The van der Waals surface area contributed by atoms with Crippen molar-refractivity contribution in [1.82, 2.24) is 10.3 Å². The van der Waals surface area contributed by atoms with E-state index >= 15 is 0 Å².